The molecular formula is C15H20N4O. The lowest BCUT2D eigenvalue weighted by atomic mass is 10.2. The van der Waals surface area contributed by atoms with E-state index in [0.29, 0.717) is 12.1 Å². The summed E-state index contributed by atoms with van der Waals surface area (Å²) in [6.45, 7) is 3.39. The highest BCUT2D eigenvalue weighted by Crippen LogP contribution is 2.10. The smallest absolute Gasteiger partial charge is 0.254 e. The van der Waals surface area contributed by atoms with Crippen molar-refractivity contribution in [2.45, 2.75) is 13.3 Å². The largest absolute Gasteiger partial charge is 0.375 e. The van der Waals surface area contributed by atoms with Gasteiger partial charge in [-0.1, -0.05) is 18.2 Å². The summed E-state index contributed by atoms with van der Waals surface area (Å²) in [5, 5.41) is 9.51. The van der Waals surface area contributed by atoms with E-state index in [9.17, 15) is 4.79 Å². The predicted molar refractivity (Wildman–Crippen MR) is 80.0 cm³/mol. The van der Waals surface area contributed by atoms with Crippen molar-refractivity contribution in [1.82, 2.24) is 15.5 Å². The molecular weight excluding hydrogens is 252 g/mol. The zero-order valence-electron chi connectivity index (χ0n) is 11.9. The van der Waals surface area contributed by atoms with Gasteiger partial charge in [0.05, 0.1) is 11.8 Å². The fraction of sp³-hybridized carbons (Fsp3) is 0.333. The highest BCUT2D eigenvalue weighted by Gasteiger charge is 2.09. The number of nitrogens with one attached hydrogen (secondary N) is 2. The SMILES string of the molecule is Cc1[nH]ncc1C(=O)NCCCN(C)c1ccccc1. The number of nitrogens with zero attached hydrogens (tertiary/aromatic N) is 2. The standard InChI is InChI=1S/C15H20N4O/c1-12-14(11-17-18-12)15(20)16-9-6-10-19(2)13-7-4-3-5-8-13/h3-5,7-8,11H,6,9-10H2,1-2H3,(H,16,20)(H,17,18). The van der Waals surface area contributed by atoms with Gasteiger partial charge in [-0.3, -0.25) is 9.89 Å². The van der Waals surface area contributed by atoms with Crippen LogP contribution in [0.2, 0.25) is 0 Å². The van der Waals surface area contributed by atoms with Gasteiger partial charge in [-0.2, -0.15) is 5.10 Å². The van der Waals surface area contributed by atoms with E-state index >= 15 is 0 Å². The molecule has 106 valence electrons. The highest BCUT2D eigenvalue weighted by molar-refractivity contribution is 5.94. The number of carbonyl (C=O) groups is 1. The summed E-state index contributed by atoms with van der Waals surface area (Å²) in [4.78, 5) is 14.0. The van der Waals surface area contributed by atoms with Crippen LogP contribution in [0.1, 0.15) is 22.5 Å². The van der Waals surface area contributed by atoms with Crippen molar-refractivity contribution in [3.05, 3.63) is 47.8 Å². The Morgan fingerprint density at radius 1 is 1.35 bits per heavy atom. The first kappa shape index (κ1) is 14.1. The summed E-state index contributed by atoms with van der Waals surface area (Å²) >= 11 is 0. The Morgan fingerprint density at radius 3 is 2.75 bits per heavy atom. The molecule has 0 bridgehead atoms. The maximum Gasteiger partial charge on any atom is 0.254 e. The van der Waals surface area contributed by atoms with E-state index in [1.165, 1.54) is 5.69 Å². The molecule has 2 rings (SSSR count). The Hall–Kier alpha value is -2.30. The van der Waals surface area contributed by atoms with E-state index in [0.717, 1.165) is 18.7 Å². The van der Waals surface area contributed by atoms with E-state index in [4.69, 9.17) is 0 Å². The molecule has 0 aliphatic rings. The first-order valence-corrected chi connectivity index (χ1v) is 6.73. The van der Waals surface area contributed by atoms with Gasteiger partial charge >= 0.3 is 0 Å². The quantitative estimate of drug-likeness (QED) is 0.790. The van der Waals surface area contributed by atoms with Crippen molar-refractivity contribution in [3.63, 3.8) is 0 Å². The van der Waals surface area contributed by atoms with Gasteiger partial charge in [0.1, 0.15) is 0 Å². The number of hydrogen-bond acceptors (Lipinski definition) is 3. The monoisotopic (exact) mass is 272 g/mol. The number of aromatic nitrogens is 2. The summed E-state index contributed by atoms with van der Waals surface area (Å²) in [6.07, 6.45) is 2.45. The lowest BCUT2D eigenvalue weighted by molar-refractivity contribution is 0.0953. The molecule has 20 heavy (non-hydrogen) atoms. The van der Waals surface area contributed by atoms with Gasteiger partial charge < -0.3 is 10.2 Å². The number of carbonyl (C=O) groups excluding carboxylic acids is 1. The topological polar surface area (TPSA) is 61.0 Å². The number of benzene rings is 1. The van der Waals surface area contributed by atoms with Crippen molar-refractivity contribution in [3.8, 4) is 0 Å². The van der Waals surface area contributed by atoms with E-state index in [-0.39, 0.29) is 5.91 Å². The normalized spacial score (nSPS) is 10.3. The van der Waals surface area contributed by atoms with Gasteiger partial charge in [-0.15, -0.1) is 0 Å². The van der Waals surface area contributed by atoms with Crippen LogP contribution in [0.25, 0.3) is 0 Å². The number of anilines is 1. The van der Waals surface area contributed by atoms with Crippen molar-refractivity contribution < 1.29 is 4.79 Å². The third-order valence-corrected chi connectivity index (χ3v) is 3.23. The fourth-order valence-corrected chi connectivity index (χ4v) is 2.00. The third kappa shape index (κ3) is 3.60. The van der Waals surface area contributed by atoms with Gasteiger partial charge in [-0.25, -0.2) is 0 Å². The van der Waals surface area contributed by atoms with Crippen LogP contribution in [0.5, 0.6) is 0 Å². The van der Waals surface area contributed by atoms with Crippen molar-refractivity contribution in [2.75, 3.05) is 25.0 Å². The van der Waals surface area contributed by atoms with E-state index in [1.807, 2.05) is 25.1 Å². The van der Waals surface area contributed by atoms with Crippen molar-refractivity contribution >= 4 is 11.6 Å². The van der Waals surface area contributed by atoms with E-state index in [1.54, 1.807) is 6.20 Å². The molecule has 2 aromatic rings. The van der Waals surface area contributed by atoms with Gasteiger partial charge in [0, 0.05) is 31.5 Å². The second-order valence-corrected chi connectivity index (χ2v) is 4.78. The van der Waals surface area contributed by atoms with Gasteiger partial charge in [0.2, 0.25) is 0 Å². The highest BCUT2D eigenvalue weighted by atomic mass is 16.1. The van der Waals surface area contributed by atoms with Crippen molar-refractivity contribution in [1.29, 1.82) is 0 Å². The number of hydrogen-bond donors (Lipinski definition) is 2. The van der Waals surface area contributed by atoms with Crippen LogP contribution >= 0.6 is 0 Å². The molecule has 1 heterocycles. The average molecular weight is 272 g/mol. The Morgan fingerprint density at radius 2 is 2.10 bits per heavy atom. The number of para-hydroxylation sites is 1. The summed E-state index contributed by atoms with van der Waals surface area (Å²) < 4.78 is 0. The lowest BCUT2D eigenvalue weighted by Gasteiger charge is -2.19. The van der Waals surface area contributed by atoms with Crippen LogP contribution < -0.4 is 10.2 Å². The fourth-order valence-electron chi connectivity index (χ4n) is 2.00. The average Bonchev–Trinajstić information content (AvgIpc) is 2.90. The molecule has 0 fully saturated rings. The summed E-state index contributed by atoms with van der Waals surface area (Å²) in [6, 6.07) is 10.2. The Bertz CT molecular complexity index is 550. The zero-order valence-corrected chi connectivity index (χ0v) is 11.9. The van der Waals surface area contributed by atoms with E-state index in [2.05, 4.69) is 39.6 Å². The molecule has 1 aromatic heterocycles. The summed E-state index contributed by atoms with van der Waals surface area (Å²) in [5.41, 5.74) is 2.59. The molecule has 0 aliphatic carbocycles. The molecule has 2 N–H and O–H groups in total. The molecule has 1 aromatic carbocycles. The van der Waals surface area contributed by atoms with Crippen LogP contribution in [0.4, 0.5) is 5.69 Å². The first-order chi connectivity index (χ1) is 9.68. The van der Waals surface area contributed by atoms with Gasteiger partial charge in [-0.05, 0) is 25.5 Å². The third-order valence-electron chi connectivity index (χ3n) is 3.23. The molecule has 0 spiro atoms. The summed E-state index contributed by atoms with van der Waals surface area (Å²) in [5.74, 6) is -0.0707. The predicted octanol–water partition coefficient (Wildman–Crippen LogP) is 1.97. The number of amides is 1. The minimum atomic E-state index is -0.0707. The van der Waals surface area contributed by atoms with Crippen LogP contribution in [0.15, 0.2) is 36.5 Å². The Labute approximate surface area is 119 Å². The molecule has 0 saturated heterocycles. The Kier molecular flexibility index (Phi) is 4.76. The molecule has 5 nitrogen and oxygen atoms in total. The minimum absolute atomic E-state index is 0.0707. The van der Waals surface area contributed by atoms with E-state index < -0.39 is 0 Å². The van der Waals surface area contributed by atoms with Gasteiger partial charge in [0.25, 0.3) is 5.91 Å². The lowest BCUT2D eigenvalue weighted by Crippen LogP contribution is -2.28. The first-order valence-electron chi connectivity index (χ1n) is 6.73. The zero-order chi connectivity index (χ0) is 14.4. The van der Waals surface area contributed by atoms with Crippen LogP contribution in [0, 0.1) is 6.92 Å². The van der Waals surface area contributed by atoms with Crippen molar-refractivity contribution in [2.24, 2.45) is 0 Å². The second-order valence-electron chi connectivity index (χ2n) is 4.78. The van der Waals surface area contributed by atoms with Crippen LogP contribution in [-0.4, -0.2) is 36.2 Å². The minimum Gasteiger partial charge on any atom is -0.375 e. The molecule has 0 atom stereocenters. The molecule has 0 unspecified atom stereocenters. The number of aromatic amines is 1. The maximum absolute atomic E-state index is 11.9. The van der Waals surface area contributed by atoms with Crippen LogP contribution in [-0.2, 0) is 0 Å². The second kappa shape index (κ2) is 6.75. The Balaban J connectivity index is 1.72. The molecule has 0 aliphatic heterocycles. The van der Waals surface area contributed by atoms with Crippen LogP contribution in [0.3, 0.4) is 0 Å². The summed E-state index contributed by atoms with van der Waals surface area (Å²) in [7, 11) is 2.05. The molecule has 5 heteroatoms. The molecule has 1 amide bonds. The number of H-pyrrole nitrogens is 1. The maximum atomic E-state index is 11.9. The molecule has 0 saturated carbocycles. The molecule has 0 radical (unpaired) electrons. The number of rotatable bonds is 6. The van der Waals surface area contributed by atoms with Gasteiger partial charge in [0.15, 0.2) is 0 Å². The number of aryl methyl sites for hydroxylation is 1.